The normalized spacial score (nSPS) is 28.3. The molecule has 0 spiro atoms. The van der Waals surface area contributed by atoms with Gasteiger partial charge < -0.3 is 15.3 Å². The largest absolute Gasteiger partial charge is 0.389 e. The van der Waals surface area contributed by atoms with E-state index in [0.717, 1.165) is 5.69 Å². The maximum atomic E-state index is 12.0. The molecule has 4 nitrogen and oxygen atoms in total. The summed E-state index contributed by atoms with van der Waals surface area (Å²) in [5, 5.41) is 12.9. The smallest absolute Gasteiger partial charge is 0.257 e. The highest BCUT2D eigenvalue weighted by Gasteiger charge is 2.40. The summed E-state index contributed by atoms with van der Waals surface area (Å²) in [6.07, 6.45) is -0.0492. The van der Waals surface area contributed by atoms with Crippen molar-refractivity contribution in [1.82, 2.24) is 4.90 Å². The molecule has 4 heteroatoms. The summed E-state index contributed by atoms with van der Waals surface area (Å²) < 4.78 is 0. The molecule has 0 aliphatic carbocycles. The predicted molar refractivity (Wildman–Crippen MR) is 55.5 cm³/mol. The van der Waals surface area contributed by atoms with E-state index in [2.05, 4.69) is 5.32 Å². The number of aliphatic hydroxyl groups is 1. The van der Waals surface area contributed by atoms with Crippen molar-refractivity contribution in [2.24, 2.45) is 0 Å². The molecule has 0 radical (unpaired) electrons. The number of carbonyl (C=O) groups is 1. The zero-order valence-corrected chi connectivity index (χ0v) is 8.18. The molecule has 2 unspecified atom stereocenters. The third-order valence-corrected chi connectivity index (χ3v) is 3.09. The second-order valence-corrected chi connectivity index (χ2v) is 3.99. The first-order valence-corrected chi connectivity index (χ1v) is 5.12. The van der Waals surface area contributed by atoms with Crippen molar-refractivity contribution >= 4 is 11.6 Å². The lowest BCUT2D eigenvalue weighted by Gasteiger charge is -2.33. The van der Waals surface area contributed by atoms with Crippen LogP contribution in [0.1, 0.15) is 16.8 Å². The van der Waals surface area contributed by atoms with E-state index in [4.69, 9.17) is 0 Å². The summed E-state index contributed by atoms with van der Waals surface area (Å²) in [6.45, 7) is 0.631. The number of nitrogens with zero attached hydrogens (tertiary/aromatic N) is 1. The zero-order chi connectivity index (χ0) is 10.4. The van der Waals surface area contributed by atoms with E-state index in [1.165, 1.54) is 0 Å². The third-order valence-electron chi connectivity index (χ3n) is 3.09. The topological polar surface area (TPSA) is 52.6 Å². The number of para-hydroxylation sites is 1. The minimum Gasteiger partial charge on any atom is -0.389 e. The molecule has 0 aromatic heterocycles. The highest BCUT2D eigenvalue weighted by atomic mass is 16.3. The summed E-state index contributed by atoms with van der Waals surface area (Å²) in [7, 11) is 0. The Morgan fingerprint density at radius 1 is 1.40 bits per heavy atom. The van der Waals surface area contributed by atoms with Gasteiger partial charge in [0.1, 0.15) is 6.17 Å². The van der Waals surface area contributed by atoms with E-state index in [9.17, 15) is 9.90 Å². The minimum atomic E-state index is -0.456. The van der Waals surface area contributed by atoms with Crippen molar-refractivity contribution < 1.29 is 9.90 Å². The highest BCUT2D eigenvalue weighted by molar-refractivity contribution is 6.01. The van der Waals surface area contributed by atoms with E-state index in [0.29, 0.717) is 18.5 Å². The molecule has 1 fully saturated rings. The molecule has 2 aliphatic heterocycles. The van der Waals surface area contributed by atoms with Gasteiger partial charge >= 0.3 is 0 Å². The van der Waals surface area contributed by atoms with E-state index in [-0.39, 0.29) is 12.1 Å². The first-order valence-electron chi connectivity index (χ1n) is 5.12. The van der Waals surface area contributed by atoms with Gasteiger partial charge in [0.05, 0.1) is 11.7 Å². The maximum Gasteiger partial charge on any atom is 0.257 e. The van der Waals surface area contributed by atoms with Gasteiger partial charge in [-0.1, -0.05) is 12.1 Å². The van der Waals surface area contributed by atoms with Gasteiger partial charge in [0.25, 0.3) is 5.91 Å². The lowest BCUT2D eigenvalue weighted by molar-refractivity contribution is 0.0661. The Hall–Kier alpha value is -1.55. The van der Waals surface area contributed by atoms with Crippen LogP contribution in [0.15, 0.2) is 24.3 Å². The second-order valence-electron chi connectivity index (χ2n) is 3.99. The average molecular weight is 204 g/mol. The van der Waals surface area contributed by atoms with Crippen molar-refractivity contribution in [2.45, 2.75) is 18.7 Å². The predicted octanol–water partition coefficient (Wildman–Crippen LogP) is 0.645. The monoisotopic (exact) mass is 204 g/mol. The van der Waals surface area contributed by atoms with Gasteiger partial charge in [-0.15, -0.1) is 0 Å². The molecule has 0 saturated carbocycles. The fourth-order valence-corrected chi connectivity index (χ4v) is 2.29. The molecule has 15 heavy (non-hydrogen) atoms. The quantitative estimate of drug-likeness (QED) is 0.652. The van der Waals surface area contributed by atoms with Gasteiger partial charge in [-0.25, -0.2) is 0 Å². The van der Waals surface area contributed by atoms with Crippen LogP contribution in [0.25, 0.3) is 0 Å². The molecule has 2 aliphatic rings. The van der Waals surface area contributed by atoms with Crippen molar-refractivity contribution in [1.29, 1.82) is 0 Å². The Labute approximate surface area is 87.5 Å². The number of anilines is 1. The molecule has 1 aromatic carbocycles. The molecule has 0 bridgehead atoms. The fraction of sp³-hybridized carbons (Fsp3) is 0.364. The molecule has 3 rings (SSSR count). The van der Waals surface area contributed by atoms with Crippen LogP contribution in [-0.4, -0.2) is 34.7 Å². The maximum absolute atomic E-state index is 12.0. The Balaban J connectivity index is 2.06. The van der Waals surface area contributed by atoms with E-state index < -0.39 is 6.10 Å². The number of fused-ring (bicyclic) bond motifs is 2. The van der Waals surface area contributed by atoms with Gasteiger partial charge in [0.2, 0.25) is 0 Å². The number of hydrogen-bond donors (Lipinski definition) is 2. The van der Waals surface area contributed by atoms with Gasteiger partial charge in [-0.2, -0.15) is 0 Å². The molecule has 78 valence electrons. The number of rotatable bonds is 0. The summed E-state index contributed by atoms with van der Waals surface area (Å²) in [5.74, 6) is 0.0194. The van der Waals surface area contributed by atoms with Gasteiger partial charge in [0.15, 0.2) is 0 Å². The highest BCUT2D eigenvalue weighted by Crippen LogP contribution is 2.30. The van der Waals surface area contributed by atoms with Crippen LogP contribution in [0.5, 0.6) is 0 Å². The number of aliphatic hydroxyl groups excluding tert-OH is 1. The van der Waals surface area contributed by atoms with Crippen LogP contribution in [0.2, 0.25) is 0 Å². The zero-order valence-electron chi connectivity index (χ0n) is 8.18. The first-order chi connectivity index (χ1) is 7.27. The standard InChI is InChI=1S/C11H12N2O2/c14-9-5-6-13-10(9)12-8-4-2-1-3-7(8)11(13)15/h1-4,9-10,12,14H,5-6H2. The Kier molecular flexibility index (Phi) is 1.73. The van der Waals surface area contributed by atoms with Gasteiger partial charge in [0, 0.05) is 12.2 Å². The van der Waals surface area contributed by atoms with E-state index in [1.807, 2.05) is 24.3 Å². The Morgan fingerprint density at radius 3 is 3.07 bits per heavy atom. The van der Waals surface area contributed by atoms with Crippen LogP contribution in [0, 0.1) is 0 Å². The first kappa shape index (κ1) is 8.73. The number of hydrogen-bond acceptors (Lipinski definition) is 3. The number of nitrogens with one attached hydrogen (secondary N) is 1. The van der Waals surface area contributed by atoms with E-state index in [1.54, 1.807) is 4.90 Å². The lowest BCUT2D eigenvalue weighted by Crippen LogP contribution is -2.48. The average Bonchev–Trinajstić information content (AvgIpc) is 2.62. The molecule has 2 atom stereocenters. The van der Waals surface area contributed by atoms with Crippen LogP contribution < -0.4 is 5.32 Å². The molecule has 1 aromatic rings. The lowest BCUT2D eigenvalue weighted by atomic mass is 10.1. The molecule has 2 heterocycles. The van der Waals surface area contributed by atoms with Gasteiger partial charge in [-0.3, -0.25) is 4.79 Å². The SMILES string of the molecule is O=C1c2ccccc2NC2C(O)CCN12. The van der Waals surface area contributed by atoms with Crippen molar-refractivity contribution in [2.75, 3.05) is 11.9 Å². The summed E-state index contributed by atoms with van der Waals surface area (Å²) >= 11 is 0. The Morgan fingerprint density at radius 2 is 2.20 bits per heavy atom. The molecule has 1 amide bonds. The van der Waals surface area contributed by atoms with Crippen molar-refractivity contribution in [3.63, 3.8) is 0 Å². The van der Waals surface area contributed by atoms with Crippen LogP contribution in [-0.2, 0) is 0 Å². The van der Waals surface area contributed by atoms with Crippen molar-refractivity contribution in [3.8, 4) is 0 Å². The van der Waals surface area contributed by atoms with Crippen LogP contribution >= 0.6 is 0 Å². The summed E-state index contributed by atoms with van der Waals surface area (Å²) in [6, 6.07) is 7.42. The molecular weight excluding hydrogens is 192 g/mol. The summed E-state index contributed by atoms with van der Waals surface area (Å²) in [5.41, 5.74) is 1.52. The number of amides is 1. The molecule has 2 N–H and O–H groups in total. The number of carbonyl (C=O) groups excluding carboxylic acids is 1. The fourth-order valence-electron chi connectivity index (χ4n) is 2.29. The third kappa shape index (κ3) is 1.15. The summed E-state index contributed by atoms with van der Waals surface area (Å²) in [4.78, 5) is 13.7. The number of benzene rings is 1. The Bertz CT molecular complexity index is 419. The van der Waals surface area contributed by atoms with Crippen LogP contribution in [0.4, 0.5) is 5.69 Å². The second kappa shape index (κ2) is 2.97. The molecule has 1 saturated heterocycles. The van der Waals surface area contributed by atoms with E-state index >= 15 is 0 Å². The van der Waals surface area contributed by atoms with Gasteiger partial charge in [-0.05, 0) is 18.6 Å². The van der Waals surface area contributed by atoms with Crippen LogP contribution in [0.3, 0.4) is 0 Å². The minimum absolute atomic E-state index is 0.0194. The van der Waals surface area contributed by atoms with Crippen molar-refractivity contribution in [3.05, 3.63) is 29.8 Å². The molecular formula is C11H12N2O2.